The minimum absolute atomic E-state index is 0.178. The molecule has 0 spiro atoms. The van der Waals surface area contributed by atoms with E-state index in [1.165, 1.54) is 55.9 Å². The molecule has 4 rings (SSSR count). The maximum atomic E-state index is 11.9. The average molecular weight is 387 g/mol. The van der Waals surface area contributed by atoms with Gasteiger partial charge in [0.2, 0.25) is 0 Å². The van der Waals surface area contributed by atoms with Gasteiger partial charge in [0.15, 0.2) is 11.5 Å². The Kier molecular flexibility index (Phi) is 7.15. The van der Waals surface area contributed by atoms with E-state index < -0.39 is 0 Å². The van der Waals surface area contributed by atoms with Crippen LogP contribution in [0.4, 0.5) is 10.1 Å². The second kappa shape index (κ2) is 9.78. The summed E-state index contributed by atoms with van der Waals surface area (Å²) in [4.78, 5) is 5.10. The van der Waals surface area contributed by atoms with Gasteiger partial charge >= 0.3 is 0 Å². The van der Waals surface area contributed by atoms with Gasteiger partial charge in [-0.25, -0.2) is 4.39 Å². The first-order chi connectivity index (χ1) is 13.7. The first kappa shape index (κ1) is 20.5. The molecule has 152 valence electrons. The fraction of sp³-hybridized carbons (Fsp3) is 0.478. The fourth-order valence-electron chi connectivity index (χ4n) is 4.15. The zero-order valence-corrected chi connectivity index (χ0v) is 17.2. The molecule has 28 heavy (non-hydrogen) atoms. The van der Waals surface area contributed by atoms with E-state index in [9.17, 15) is 4.39 Å². The van der Waals surface area contributed by atoms with E-state index in [1.54, 1.807) is 32.4 Å². The third kappa shape index (κ3) is 4.58. The lowest BCUT2D eigenvalue weighted by atomic mass is 10.0. The summed E-state index contributed by atoms with van der Waals surface area (Å²) in [6.07, 6.45) is 3.60. The monoisotopic (exact) mass is 386 g/mol. The van der Waals surface area contributed by atoms with Crippen LogP contribution in [0, 0.1) is 5.82 Å². The maximum Gasteiger partial charge on any atom is 0.184 e. The Labute approximate surface area is 167 Å². The summed E-state index contributed by atoms with van der Waals surface area (Å²) in [6.45, 7) is 6.94. The van der Waals surface area contributed by atoms with Crippen molar-refractivity contribution in [3.63, 3.8) is 0 Å². The number of likely N-dealkylation sites (tertiary alicyclic amines) is 1. The van der Waals surface area contributed by atoms with Gasteiger partial charge in [-0.3, -0.25) is 0 Å². The van der Waals surface area contributed by atoms with Crippen LogP contribution in [0.1, 0.15) is 25.3 Å². The molecule has 0 saturated carbocycles. The van der Waals surface area contributed by atoms with Gasteiger partial charge in [0, 0.05) is 25.7 Å². The number of anilines is 1. The third-order valence-corrected chi connectivity index (χ3v) is 5.69. The van der Waals surface area contributed by atoms with Crippen LogP contribution in [0.3, 0.4) is 0 Å². The smallest absolute Gasteiger partial charge is 0.184 e. The van der Waals surface area contributed by atoms with E-state index >= 15 is 0 Å². The molecule has 0 amide bonds. The summed E-state index contributed by atoms with van der Waals surface area (Å²) in [5.41, 5.74) is 2.66. The molecule has 0 N–H and O–H groups in total. The number of nitrogens with zero attached hydrogens (tertiary/aromatic N) is 2. The minimum Gasteiger partial charge on any atom is -0.493 e. The van der Waals surface area contributed by atoms with Crippen molar-refractivity contribution in [2.75, 3.05) is 45.3 Å². The van der Waals surface area contributed by atoms with Crippen LogP contribution in [0.2, 0.25) is 0 Å². The van der Waals surface area contributed by atoms with E-state index in [1.807, 2.05) is 6.07 Å². The Morgan fingerprint density at radius 2 is 1.68 bits per heavy atom. The van der Waals surface area contributed by atoms with Crippen molar-refractivity contribution in [1.82, 2.24) is 4.90 Å². The standard InChI is InChI=1S/C17H26N2O2.C6H5F/c1-4-18-10-8-14(9-11-18)19-12-7-13-5-6-15(20-2)17(21-3)16(13)19;7-6-4-2-1-3-5-6/h5-6,14H,4,7-12H2,1-3H3;1-5H. The van der Waals surface area contributed by atoms with Crippen molar-refractivity contribution in [2.24, 2.45) is 0 Å². The lowest BCUT2D eigenvalue weighted by Crippen LogP contribution is -2.44. The molecule has 0 aromatic heterocycles. The Balaban J connectivity index is 0.000000271. The van der Waals surface area contributed by atoms with Crippen LogP contribution in [-0.2, 0) is 6.42 Å². The lowest BCUT2D eigenvalue weighted by molar-refractivity contribution is 0.219. The Morgan fingerprint density at radius 1 is 0.964 bits per heavy atom. The second-order valence-electron chi connectivity index (χ2n) is 7.21. The van der Waals surface area contributed by atoms with E-state index in [0.717, 1.165) is 24.5 Å². The molecule has 0 unspecified atom stereocenters. The molecule has 4 nitrogen and oxygen atoms in total. The van der Waals surface area contributed by atoms with Crippen molar-refractivity contribution >= 4 is 5.69 Å². The van der Waals surface area contributed by atoms with E-state index in [2.05, 4.69) is 22.8 Å². The molecule has 0 aliphatic carbocycles. The highest BCUT2D eigenvalue weighted by Gasteiger charge is 2.32. The molecule has 1 fully saturated rings. The number of ether oxygens (including phenoxy) is 2. The van der Waals surface area contributed by atoms with Gasteiger partial charge in [-0.15, -0.1) is 0 Å². The zero-order chi connectivity index (χ0) is 19.9. The molecule has 2 aliphatic rings. The van der Waals surface area contributed by atoms with Crippen LogP contribution < -0.4 is 14.4 Å². The summed E-state index contributed by atoms with van der Waals surface area (Å²) in [5.74, 6) is 1.57. The van der Waals surface area contributed by atoms with Gasteiger partial charge in [0.05, 0.1) is 19.9 Å². The molecule has 2 aromatic rings. The zero-order valence-electron chi connectivity index (χ0n) is 17.2. The number of methoxy groups -OCH3 is 2. The number of fused-ring (bicyclic) bond motifs is 1. The van der Waals surface area contributed by atoms with Gasteiger partial charge in [-0.2, -0.15) is 0 Å². The summed E-state index contributed by atoms with van der Waals surface area (Å²) in [6, 6.07) is 12.8. The minimum atomic E-state index is -0.178. The van der Waals surface area contributed by atoms with Crippen molar-refractivity contribution in [3.05, 3.63) is 53.8 Å². The maximum absolute atomic E-state index is 11.9. The summed E-state index contributed by atoms with van der Waals surface area (Å²) < 4.78 is 23.0. The van der Waals surface area contributed by atoms with Crippen LogP contribution in [0.15, 0.2) is 42.5 Å². The van der Waals surface area contributed by atoms with Crippen molar-refractivity contribution < 1.29 is 13.9 Å². The van der Waals surface area contributed by atoms with E-state index in [0.29, 0.717) is 6.04 Å². The highest BCUT2D eigenvalue weighted by molar-refractivity contribution is 5.72. The highest BCUT2D eigenvalue weighted by Crippen LogP contribution is 2.45. The van der Waals surface area contributed by atoms with E-state index in [4.69, 9.17) is 9.47 Å². The topological polar surface area (TPSA) is 24.9 Å². The van der Waals surface area contributed by atoms with Crippen LogP contribution in [-0.4, -0.2) is 51.3 Å². The van der Waals surface area contributed by atoms with Gasteiger partial charge < -0.3 is 19.3 Å². The predicted octanol–water partition coefficient (Wildman–Crippen LogP) is 4.38. The SMILES string of the molecule is CCN1CCC(N2CCc3ccc(OC)c(OC)c32)CC1.Fc1ccccc1. The van der Waals surface area contributed by atoms with Gasteiger partial charge in [-0.05, 0) is 49.6 Å². The fourth-order valence-corrected chi connectivity index (χ4v) is 4.15. The van der Waals surface area contributed by atoms with Crippen molar-refractivity contribution in [3.8, 4) is 11.5 Å². The molecular weight excluding hydrogens is 355 g/mol. The molecule has 5 heteroatoms. The van der Waals surface area contributed by atoms with Gasteiger partial charge in [0.25, 0.3) is 0 Å². The third-order valence-electron chi connectivity index (χ3n) is 5.69. The number of benzene rings is 2. The summed E-state index contributed by atoms with van der Waals surface area (Å²) >= 11 is 0. The number of hydrogen-bond donors (Lipinski definition) is 0. The quantitative estimate of drug-likeness (QED) is 0.779. The summed E-state index contributed by atoms with van der Waals surface area (Å²) in [5, 5.41) is 0. The largest absolute Gasteiger partial charge is 0.493 e. The van der Waals surface area contributed by atoms with Crippen LogP contribution in [0.25, 0.3) is 0 Å². The number of rotatable bonds is 4. The van der Waals surface area contributed by atoms with Crippen molar-refractivity contribution in [1.29, 1.82) is 0 Å². The molecule has 0 radical (unpaired) electrons. The van der Waals surface area contributed by atoms with Gasteiger partial charge in [0.1, 0.15) is 5.82 Å². The molecule has 0 bridgehead atoms. The van der Waals surface area contributed by atoms with Gasteiger partial charge in [-0.1, -0.05) is 31.2 Å². The number of halogens is 1. The highest BCUT2D eigenvalue weighted by atomic mass is 19.1. The molecule has 0 atom stereocenters. The van der Waals surface area contributed by atoms with Crippen molar-refractivity contribution in [2.45, 2.75) is 32.2 Å². The second-order valence-corrected chi connectivity index (χ2v) is 7.21. The molecule has 2 aromatic carbocycles. The first-order valence-corrected chi connectivity index (χ1v) is 10.1. The lowest BCUT2D eigenvalue weighted by Gasteiger charge is -2.38. The normalized spacial score (nSPS) is 16.9. The molecular formula is C23H31FN2O2. The van der Waals surface area contributed by atoms with Crippen LogP contribution in [0.5, 0.6) is 11.5 Å². The summed E-state index contributed by atoms with van der Waals surface area (Å²) in [7, 11) is 3.46. The Hall–Kier alpha value is -2.27. The van der Waals surface area contributed by atoms with Crippen LogP contribution >= 0.6 is 0 Å². The Morgan fingerprint density at radius 3 is 2.21 bits per heavy atom. The Bertz CT molecular complexity index is 746. The first-order valence-electron chi connectivity index (χ1n) is 10.1. The molecule has 2 aliphatic heterocycles. The predicted molar refractivity (Wildman–Crippen MR) is 112 cm³/mol. The number of piperidine rings is 1. The number of hydrogen-bond acceptors (Lipinski definition) is 4. The van der Waals surface area contributed by atoms with E-state index in [-0.39, 0.29) is 5.82 Å². The molecule has 2 heterocycles. The molecule has 1 saturated heterocycles. The average Bonchev–Trinajstić information content (AvgIpc) is 3.18.